The number of aromatic nitrogens is 1. The maximum atomic E-state index is 12.6. The van der Waals surface area contributed by atoms with Crippen LogP contribution in [0.1, 0.15) is 55.6 Å². The Morgan fingerprint density at radius 2 is 1.85 bits per heavy atom. The fourth-order valence-electron chi connectivity index (χ4n) is 3.36. The summed E-state index contributed by atoms with van der Waals surface area (Å²) in [4.78, 5) is 29.9. The number of rotatable bonds is 8. The molecule has 1 N–H and O–H groups in total. The maximum Gasteiger partial charge on any atom is 0.348 e. The second-order valence-corrected chi connectivity index (χ2v) is 9.25. The molecule has 2 aromatic heterocycles. The monoisotopic (exact) mass is 495 g/mol. The highest BCUT2D eigenvalue weighted by molar-refractivity contribution is 7.18. The Kier molecular flexibility index (Phi) is 8.21. The molecule has 0 saturated carbocycles. The van der Waals surface area contributed by atoms with Crippen molar-refractivity contribution in [3.05, 3.63) is 61.9 Å². The van der Waals surface area contributed by atoms with Crippen LogP contribution in [-0.4, -0.2) is 30.1 Å². The molecule has 1 aromatic carbocycles. The van der Waals surface area contributed by atoms with Gasteiger partial charge in [0.2, 0.25) is 0 Å². The third-order valence-corrected chi connectivity index (χ3v) is 7.03. The van der Waals surface area contributed by atoms with E-state index in [0.29, 0.717) is 26.0 Å². The Hall–Kier alpha value is -3.48. The van der Waals surface area contributed by atoms with Crippen LogP contribution in [0.3, 0.4) is 0 Å². The largest absolute Gasteiger partial charge is 0.462 e. The number of allylic oxidation sites excluding steroid dienone is 1. The van der Waals surface area contributed by atoms with Crippen molar-refractivity contribution in [3.63, 3.8) is 0 Å². The fraction of sp³-hybridized carbons (Fsp3) is 0.280. The van der Waals surface area contributed by atoms with E-state index in [-0.39, 0.29) is 18.8 Å². The fourth-order valence-corrected chi connectivity index (χ4v) is 5.20. The second-order valence-electron chi connectivity index (χ2n) is 7.37. The van der Waals surface area contributed by atoms with Crippen molar-refractivity contribution >= 4 is 45.2 Å². The second kappa shape index (κ2) is 11.1. The Morgan fingerprint density at radius 1 is 1.15 bits per heavy atom. The molecule has 0 bridgehead atoms. The van der Waals surface area contributed by atoms with Gasteiger partial charge in [-0.3, -0.25) is 0 Å². The Balaban J connectivity index is 1.95. The first-order chi connectivity index (χ1) is 16.3. The number of thiophene rings is 1. The molecule has 0 aliphatic carbocycles. The number of nitrogens with zero attached hydrogens (tertiary/aromatic N) is 2. The van der Waals surface area contributed by atoms with Gasteiger partial charge in [-0.25, -0.2) is 14.6 Å². The van der Waals surface area contributed by atoms with Crippen LogP contribution in [0.4, 0.5) is 5.00 Å². The van der Waals surface area contributed by atoms with Gasteiger partial charge in [-0.2, -0.15) is 5.26 Å². The van der Waals surface area contributed by atoms with Crippen LogP contribution in [0, 0.1) is 32.1 Å². The van der Waals surface area contributed by atoms with Gasteiger partial charge < -0.3 is 14.8 Å². The van der Waals surface area contributed by atoms with Crippen LogP contribution in [0.2, 0.25) is 0 Å². The average Bonchev–Trinajstić information content (AvgIpc) is 3.39. The molecule has 0 saturated heterocycles. The van der Waals surface area contributed by atoms with Crippen molar-refractivity contribution in [2.75, 3.05) is 18.5 Å². The molecule has 0 spiro atoms. The summed E-state index contributed by atoms with van der Waals surface area (Å²) in [5.41, 5.74) is 5.11. The van der Waals surface area contributed by atoms with Gasteiger partial charge in [0.15, 0.2) is 0 Å². The molecule has 3 rings (SSSR count). The predicted octanol–water partition coefficient (Wildman–Crippen LogP) is 6.13. The lowest BCUT2D eigenvalue weighted by Gasteiger charge is -2.05. The van der Waals surface area contributed by atoms with Crippen molar-refractivity contribution < 1.29 is 19.1 Å². The molecule has 34 heavy (non-hydrogen) atoms. The lowest BCUT2D eigenvalue weighted by atomic mass is 10.0. The van der Waals surface area contributed by atoms with Crippen LogP contribution in [0.5, 0.6) is 0 Å². The summed E-state index contributed by atoms with van der Waals surface area (Å²) in [5, 5.41) is 15.6. The van der Waals surface area contributed by atoms with Crippen molar-refractivity contribution in [2.45, 2.75) is 34.6 Å². The number of carbonyl (C=O) groups excluding carboxylic acids is 2. The summed E-state index contributed by atoms with van der Waals surface area (Å²) in [5.74, 6) is -1.06. The standard InChI is InChI=1S/C25H25N3O4S2/c1-6-31-24(29)20-16(5)21(25(30)32-7-2)34-23(20)27-12-17(11-26)22-28-19(13-33-22)18-9-8-14(3)10-15(18)4/h8-10,12-13,27H,6-7H2,1-5H3. The van der Waals surface area contributed by atoms with Crippen LogP contribution in [0.15, 0.2) is 29.8 Å². The first kappa shape index (κ1) is 25.1. The lowest BCUT2D eigenvalue weighted by Crippen LogP contribution is -2.09. The molecular weight excluding hydrogens is 470 g/mol. The number of hydrogen-bond donors (Lipinski definition) is 1. The lowest BCUT2D eigenvalue weighted by molar-refractivity contribution is 0.0527. The van der Waals surface area contributed by atoms with Gasteiger partial charge in [-0.05, 0) is 45.7 Å². The quantitative estimate of drug-likeness (QED) is 0.296. The molecule has 0 radical (unpaired) electrons. The van der Waals surface area contributed by atoms with Crippen molar-refractivity contribution in [1.29, 1.82) is 5.26 Å². The maximum absolute atomic E-state index is 12.6. The minimum absolute atomic E-state index is 0.196. The number of esters is 2. The third-order valence-electron chi connectivity index (χ3n) is 4.95. The normalized spacial score (nSPS) is 11.1. The highest BCUT2D eigenvalue weighted by Gasteiger charge is 2.26. The Labute approximate surface area is 206 Å². The van der Waals surface area contributed by atoms with E-state index in [9.17, 15) is 14.9 Å². The first-order valence-electron chi connectivity index (χ1n) is 10.7. The van der Waals surface area contributed by atoms with Gasteiger partial charge in [0.25, 0.3) is 0 Å². The number of hydrogen-bond acceptors (Lipinski definition) is 9. The van der Waals surface area contributed by atoms with Crippen molar-refractivity contribution in [1.82, 2.24) is 4.98 Å². The zero-order valence-corrected chi connectivity index (χ0v) is 21.3. The topological polar surface area (TPSA) is 101 Å². The Bertz CT molecular complexity index is 1300. The number of nitriles is 1. The van der Waals surface area contributed by atoms with E-state index in [1.54, 1.807) is 20.8 Å². The van der Waals surface area contributed by atoms with Crippen molar-refractivity contribution in [2.24, 2.45) is 0 Å². The first-order valence-corrected chi connectivity index (χ1v) is 12.4. The molecule has 9 heteroatoms. The van der Waals surface area contributed by atoms with Gasteiger partial charge in [0.05, 0.1) is 24.5 Å². The molecule has 0 aliphatic rings. The molecule has 7 nitrogen and oxygen atoms in total. The molecule has 3 aromatic rings. The number of ether oxygens (including phenoxy) is 2. The zero-order chi connectivity index (χ0) is 24.8. The zero-order valence-electron chi connectivity index (χ0n) is 19.6. The predicted molar refractivity (Wildman–Crippen MR) is 135 cm³/mol. The SMILES string of the molecule is CCOC(=O)c1sc(NC=C(C#N)c2nc(-c3ccc(C)cc3C)cs2)c(C(=O)OCC)c1C. The molecule has 0 atom stereocenters. The van der Waals surface area contributed by atoms with Crippen LogP contribution >= 0.6 is 22.7 Å². The average molecular weight is 496 g/mol. The molecule has 0 unspecified atom stereocenters. The van der Waals surface area contributed by atoms with Gasteiger partial charge in [-0.15, -0.1) is 22.7 Å². The summed E-state index contributed by atoms with van der Waals surface area (Å²) in [6.07, 6.45) is 1.49. The van der Waals surface area contributed by atoms with Gasteiger partial charge in [-0.1, -0.05) is 23.8 Å². The van der Waals surface area contributed by atoms with Gasteiger partial charge in [0, 0.05) is 17.1 Å². The van der Waals surface area contributed by atoms with E-state index in [0.717, 1.165) is 28.2 Å². The number of thiazole rings is 1. The molecule has 176 valence electrons. The van der Waals surface area contributed by atoms with Gasteiger partial charge in [0.1, 0.15) is 26.5 Å². The minimum atomic E-state index is -0.549. The summed E-state index contributed by atoms with van der Waals surface area (Å²) in [7, 11) is 0. The summed E-state index contributed by atoms with van der Waals surface area (Å²) >= 11 is 2.44. The minimum Gasteiger partial charge on any atom is -0.462 e. The molecule has 0 amide bonds. The molecular formula is C25H25N3O4S2. The summed E-state index contributed by atoms with van der Waals surface area (Å²) in [6.45, 7) is 9.58. The van der Waals surface area contributed by atoms with Crippen LogP contribution in [0.25, 0.3) is 16.8 Å². The summed E-state index contributed by atoms with van der Waals surface area (Å²) in [6, 6.07) is 8.30. The number of nitrogens with one attached hydrogen (secondary N) is 1. The smallest absolute Gasteiger partial charge is 0.348 e. The highest BCUT2D eigenvalue weighted by atomic mass is 32.1. The van der Waals surface area contributed by atoms with E-state index in [4.69, 9.17) is 9.47 Å². The van der Waals surface area contributed by atoms with E-state index >= 15 is 0 Å². The number of carbonyl (C=O) groups is 2. The third kappa shape index (κ3) is 5.35. The van der Waals surface area contributed by atoms with Crippen LogP contribution < -0.4 is 5.32 Å². The molecule has 2 heterocycles. The Morgan fingerprint density at radius 3 is 2.50 bits per heavy atom. The van der Waals surface area contributed by atoms with E-state index in [1.807, 2.05) is 31.4 Å². The molecule has 0 aliphatic heterocycles. The molecule has 0 fully saturated rings. The summed E-state index contributed by atoms with van der Waals surface area (Å²) < 4.78 is 10.3. The van der Waals surface area contributed by atoms with Gasteiger partial charge >= 0.3 is 11.9 Å². The van der Waals surface area contributed by atoms with E-state index in [1.165, 1.54) is 23.1 Å². The van der Waals surface area contributed by atoms with E-state index in [2.05, 4.69) is 22.4 Å². The number of benzene rings is 1. The number of anilines is 1. The van der Waals surface area contributed by atoms with Crippen LogP contribution in [-0.2, 0) is 9.47 Å². The van der Waals surface area contributed by atoms with Crippen molar-refractivity contribution in [3.8, 4) is 17.3 Å². The highest BCUT2D eigenvalue weighted by Crippen LogP contribution is 2.35. The van der Waals surface area contributed by atoms with E-state index < -0.39 is 11.9 Å². The number of aryl methyl sites for hydroxylation is 2.